The number of ketones is 2. The fourth-order valence-electron chi connectivity index (χ4n) is 20.1. The molecular weight excluding hydrogens is 899 g/mol. The van der Waals surface area contributed by atoms with Gasteiger partial charge in [0.25, 0.3) is 0 Å². The highest BCUT2D eigenvalue weighted by Gasteiger charge is 2.76. The van der Waals surface area contributed by atoms with Crippen LogP contribution >= 0.6 is 0 Å². The zero-order valence-corrected chi connectivity index (χ0v) is 44.6. The van der Waals surface area contributed by atoms with Crippen LogP contribution in [0.25, 0.3) is 0 Å². The van der Waals surface area contributed by atoms with Crippen LogP contribution in [0.3, 0.4) is 0 Å². The number of epoxide rings is 1. The Labute approximate surface area is 430 Å². The first-order chi connectivity index (χ1) is 34.3. The van der Waals surface area contributed by atoms with Gasteiger partial charge in [0, 0.05) is 54.1 Å². The van der Waals surface area contributed by atoms with Crippen LogP contribution in [0.2, 0.25) is 0 Å². The number of hydrogen-bond acceptors (Lipinski definition) is 10. The molecule has 6 saturated carbocycles. The van der Waals surface area contributed by atoms with Crippen LogP contribution in [-0.2, 0) is 20.9 Å². The minimum Gasteiger partial charge on any atom is -0.508 e. The van der Waals surface area contributed by atoms with Gasteiger partial charge in [0.1, 0.15) is 17.6 Å². The number of phenols is 1. The second-order valence-corrected chi connectivity index (χ2v) is 27.0. The maximum absolute atomic E-state index is 16.1. The third-order valence-corrected chi connectivity index (χ3v) is 23.0. The molecule has 9 aliphatic rings. The molecule has 2 aromatic rings. The number of allylic oxidation sites excluding steroid dienone is 2. The van der Waals surface area contributed by atoms with Gasteiger partial charge in [-0.15, -0.1) is 0 Å². The SMILES string of the molecule is CNCc1cc(O)cc([C@@H]2C[C@@]3(C)[C@H]4CCC5=C([C@@H](C[C@@H](O)[C@H]6O[C@]6(C)[C@H]6CCC[C@@H]6c6cccc(N)c6)[C@H]6CCC[C@H](CO)C6)C(=O)[C@@H]6CCC[C@@]4(C[C@@H]4NC[C@](C)(O)CCCC[C@@](C)(C2=O)[C@H]43)[C@]56C)c1. The standard InChI is InChI=1S/C62H89N3O7/c1-57(71)22-7-8-23-58(2)54-49(65-35-57)32-62-24-12-19-48-53(69)52(47(60(48,62)4)20-21-51(62)59(54,3)31-45(55(58)70)40-26-37(33-64-6)27-42(67)29-40)44(38-14-9-13-36(25-38)34-66)30-50(68)56-61(5,72-56)46-18-11-17-43(46)39-15-10-16-41(63)28-39/h10,15-16,26-29,36,38,43-46,48-51,54,56,64-68,71H,7-9,11-14,17-25,30-35,63H2,1-6H3/t36-,38-,43+,44-,45-,46-,48-,49-,50+,51+,54-,56+,57+,58+,59-,60+,61+,62-/m0/s1. The number of aliphatic hydroxyl groups is 3. The van der Waals surface area contributed by atoms with Gasteiger partial charge >= 0.3 is 0 Å². The van der Waals surface area contributed by atoms with Crippen LogP contribution < -0.4 is 16.4 Å². The molecule has 1 spiro atoms. The van der Waals surface area contributed by atoms with Crippen molar-refractivity contribution >= 4 is 17.3 Å². The van der Waals surface area contributed by atoms with Crippen LogP contribution in [0.15, 0.2) is 53.6 Å². The van der Waals surface area contributed by atoms with Gasteiger partial charge in [0.2, 0.25) is 0 Å². The summed E-state index contributed by atoms with van der Waals surface area (Å²) in [5, 5.41) is 53.8. The molecule has 7 aliphatic carbocycles. The van der Waals surface area contributed by atoms with E-state index in [2.05, 4.69) is 62.6 Å². The number of carbonyl (C=O) groups excluding carboxylic acids is 2. The summed E-state index contributed by atoms with van der Waals surface area (Å²) >= 11 is 0. The fourth-order valence-corrected chi connectivity index (χ4v) is 20.1. The molecule has 10 nitrogen and oxygen atoms in total. The summed E-state index contributed by atoms with van der Waals surface area (Å²) in [5.74, 6) is 1.41. The predicted molar refractivity (Wildman–Crippen MR) is 282 cm³/mol. The van der Waals surface area contributed by atoms with Gasteiger partial charge < -0.3 is 41.5 Å². The van der Waals surface area contributed by atoms with E-state index in [9.17, 15) is 20.4 Å². The lowest BCUT2D eigenvalue weighted by atomic mass is 9.31. The van der Waals surface area contributed by atoms with E-state index in [-0.39, 0.29) is 82.7 Å². The molecule has 72 heavy (non-hydrogen) atoms. The molecule has 0 bridgehead atoms. The Morgan fingerprint density at radius 1 is 0.889 bits per heavy atom. The van der Waals surface area contributed by atoms with Crippen molar-refractivity contribution < 1.29 is 34.8 Å². The van der Waals surface area contributed by atoms with Crippen molar-refractivity contribution in [1.29, 1.82) is 0 Å². The Bertz CT molecular complexity index is 2450. The van der Waals surface area contributed by atoms with Crippen molar-refractivity contribution in [1.82, 2.24) is 10.6 Å². The first kappa shape index (κ1) is 51.0. The van der Waals surface area contributed by atoms with Crippen molar-refractivity contribution in [2.24, 2.45) is 63.1 Å². The maximum atomic E-state index is 16.1. The molecule has 2 aliphatic heterocycles. The summed E-state index contributed by atoms with van der Waals surface area (Å²) in [4.78, 5) is 31.7. The van der Waals surface area contributed by atoms with Gasteiger partial charge in [-0.05, 0) is 210 Å². The average Bonchev–Trinajstić information content (AvgIpc) is 3.67. The molecule has 10 heteroatoms. The third kappa shape index (κ3) is 7.97. The smallest absolute Gasteiger partial charge is 0.163 e. The second kappa shape index (κ2) is 18.6. The summed E-state index contributed by atoms with van der Waals surface area (Å²) in [6.07, 6.45) is 15.9. The van der Waals surface area contributed by atoms with Crippen molar-refractivity contribution in [2.45, 2.75) is 204 Å². The molecule has 394 valence electrons. The number of nitrogen functional groups attached to an aromatic ring is 1. The van der Waals surface area contributed by atoms with E-state index >= 15 is 9.59 Å². The molecule has 0 radical (unpaired) electrons. The molecule has 8 N–H and O–H groups in total. The van der Waals surface area contributed by atoms with E-state index in [0.717, 1.165) is 125 Å². The first-order valence-corrected chi connectivity index (χ1v) is 28.9. The van der Waals surface area contributed by atoms with Gasteiger partial charge in [-0.2, -0.15) is 0 Å². The van der Waals surface area contributed by atoms with Crippen LogP contribution in [0.1, 0.15) is 185 Å². The van der Waals surface area contributed by atoms with Crippen molar-refractivity contribution in [3.63, 3.8) is 0 Å². The molecule has 11 rings (SSSR count). The number of anilines is 1. The Hall–Kier alpha value is -3.12. The highest BCUT2D eigenvalue weighted by Crippen LogP contribution is 2.79. The number of nitrogens with one attached hydrogen (secondary N) is 2. The molecule has 2 saturated heterocycles. The molecule has 0 unspecified atom stereocenters. The third-order valence-electron chi connectivity index (χ3n) is 23.0. The van der Waals surface area contributed by atoms with Gasteiger partial charge in [-0.25, -0.2) is 0 Å². The summed E-state index contributed by atoms with van der Waals surface area (Å²) in [5.41, 5.74) is 9.71. The van der Waals surface area contributed by atoms with Crippen molar-refractivity contribution in [3.8, 4) is 5.75 Å². The Morgan fingerprint density at radius 2 is 1.68 bits per heavy atom. The van der Waals surface area contributed by atoms with Gasteiger partial charge in [0.15, 0.2) is 5.78 Å². The van der Waals surface area contributed by atoms with E-state index in [1.807, 2.05) is 32.2 Å². The molecule has 2 aromatic carbocycles. The lowest BCUT2D eigenvalue weighted by molar-refractivity contribution is -0.219. The monoisotopic (exact) mass is 988 g/mol. The number of benzene rings is 2. The van der Waals surface area contributed by atoms with E-state index in [1.54, 1.807) is 0 Å². The quantitative estimate of drug-likeness (QED) is 0.0847. The van der Waals surface area contributed by atoms with E-state index in [1.165, 1.54) is 11.1 Å². The van der Waals surface area contributed by atoms with Crippen LogP contribution in [0.5, 0.6) is 5.75 Å². The Morgan fingerprint density at radius 3 is 2.46 bits per heavy atom. The topological polar surface area (TPSA) is 178 Å². The molecular formula is C62H89N3O7. The number of Topliss-reactive ketones (excluding diaryl/α,β-unsaturated/α-hetero) is 2. The first-order valence-electron chi connectivity index (χ1n) is 28.9. The highest BCUT2D eigenvalue weighted by atomic mass is 16.6. The summed E-state index contributed by atoms with van der Waals surface area (Å²) < 4.78 is 6.76. The molecule has 0 aromatic heterocycles. The maximum Gasteiger partial charge on any atom is 0.163 e. The summed E-state index contributed by atoms with van der Waals surface area (Å²) in [7, 11) is 1.91. The van der Waals surface area contributed by atoms with Gasteiger partial charge in [-0.3, -0.25) is 9.59 Å². The number of fused-ring (bicyclic) bond motifs is 1. The normalized spacial score (nSPS) is 44.7. The summed E-state index contributed by atoms with van der Waals surface area (Å²) in [6, 6.07) is 14.1. The van der Waals surface area contributed by atoms with E-state index in [4.69, 9.17) is 10.5 Å². The molecule has 0 amide bonds. The number of phenolic OH excluding ortho intramolecular Hbond substituents is 1. The van der Waals surface area contributed by atoms with Crippen molar-refractivity contribution in [2.75, 3.05) is 25.9 Å². The highest BCUT2D eigenvalue weighted by molar-refractivity contribution is 6.03. The number of ether oxygens (including phenoxy) is 1. The van der Waals surface area contributed by atoms with Crippen LogP contribution in [-0.4, -0.2) is 81.6 Å². The lowest BCUT2D eigenvalue weighted by Crippen LogP contribution is -2.72. The van der Waals surface area contributed by atoms with Gasteiger partial charge in [0.05, 0.1) is 17.3 Å². The minimum atomic E-state index is -0.881. The number of nitrogens with two attached hydrogens (primary N) is 1. The number of aromatic hydroxyl groups is 1. The zero-order chi connectivity index (χ0) is 50.8. The Balaban J connectivity index is 0.997. The number of rotatable bonds is 11. The number of β-amino-alcohol motifs (C(OH)–C–C–N with tert-alkyl or cyclic N) is 1. The zero-order valence-electron chi connectivity index (χ0n) is 44.6. The van der Waals surface area contributed by atoms with Crippen molar-refractivity contribution in [3.05, 3.63) is 70.3 Å². The molecule has 18 atom stereocenters. The fraction of sp³-hybridized carbons (Fsp3) is 0.742. The minimum absolute atomic E-state index is 0.0329. The number of aliphatic hydroxyl groups excluding tert-OH is 2. The van der Waals surface area contributed by atoms with Gasteiger partial charge in [-0.1, -0.05) is 76.6 Å². The molecule has 2 heterocycles. The largest absolute Gasteiger partial charge is 0.508 e. The van der Waals surface area contributed by atoms with Crippen LogP contribution in [0, 0.1) is 63.1 Å². The average molecular weight is 988 g/mol. The Kier molecular flexibility index (Phi) is 13.2. The molecule has 8 fully saturated rings. The van der Waals surface area contributed by atoms with E-state index < -0.39 is 28.1 Å². The number of hydrogen-bond donors (Lipinski definition) is 7. The van der Waals surface area contributed by atoms with E-state index in [0.29, 0.717) is 49.8 Å². The predicted octanol–water partition coefficient (Wildman–Crippen LogP) is 10.1. The second-order valence-electron chi connectivity index (χ2n) is 27.0. The number of carbonyl (C=O) groups is 2. The van der Waals surface area contributed by atoms with Crippen LogP contribution in [0.4, 0.5) is 5.69 Å². The summed E-state index contributed by atoms with van der Waals surface area (Å²) in [6.45, 7) is 12.7. The lowest BCUT2D eigenvalue weighted by Gasteiger charge is -2.73.